The van der Waals surface area contributed by atoms with Gasteiger partial charge in [0.1, 0.15) is 72.2 Å². The first-order valence-electron chi connectivity index (χ1n) is 39.6. The maximum absolute atomic E-state index is 14.9. The number of nitrogens with zero attached hydrogens (tertiary/aromatic N) is 2. The van der Waals surface area contributed by atoms with E-state index >= 15 is 0 Å². The van der Waals surface area contributed by atoms with Crippen LogP contribution in [-0.4, -0.2) is 269 Å². The number of phosphoric ester groups is 1. The molecule has 0 spiro atoms. The summed E-state index contributed by atoms with van der Waals surface area (Å²) in [5.41, 5.74) is 6.28. The van der Waals surface area contributed by atoms with E-state index in [0.29, 0.717) is 24.0 Å². The molecule has 0 bridgehead atoms. The summed E-state index contributed by atoms with van der Waals surface area (Å²) < 4.78 is 17.1. The van der Waals surface area contributed by atoms with Crippen molar-refractivity contribution in [2.45, 2.75) is 241 Å². The fourth-order valence-electron chi connectivity index (χ4n) is 14.0. The first kappa shape index (κ1) is 97.3. The molecule has 0 unspecified atom stereocenters. The molecule has 119 heavy (non-hydrogen) atoms. The first-order valence-corrected chi connectivity index (χ1v) is 42.1. The Kier molecular flexibility index (Phi) is 38.2. The molecular formula is C76H113N16O25PS. The molecule has 21 N–H and O–H groups in total. The number of nitrogens with two attached hydrogens (primary N) is 1. The third-order valence-corrected chi connectivity index (χ3v) is 22.2. The van der Waals surface area contributed by atoms with Gasteiger partial charge < -0.3 is 115 Å². The number of hydrogen-bond donors (Lipinski definition) is 20. The Hall–Kier alpha value is -10.5. The maximum Gasteiger partial charge on any atom is 0.469 e. The average Bonchev–Trinajstić information content (AvgIpc) is 1.64. The molecule has 658 valence electrons. The predicted octanol–water partition coefficient (Wildman–Crippen LogP) is -3.07. The van der Waals surface area contributed by atoms with Crippen molar-refractivity contribution in [3.8, 4) is 5.75 Å². The van der Waals surface area contributed by atoms with E-state index in [2.05, 4.69) is 69.1 Å². The average molecular weight is 1710 g/mol. The number of thioether (sulfide) groups is 1. The van der Waals surface area contributed by atoms with E-state index in [4.69, 9.17) is 10.3 Å². The van der Waals surface area contributed by atoms with Crippen LogP contribution < -0.4 is 74.9 Å². The molecule has 0 saturated carbocycles. The van der Waals surface area contributed by atoms with Crippen LogP contribution in [0.25, 0.3) is 0 Å². The largest absolute Gasteiger partial charge is 0.508 e. The highest BCUT2D eigenvalue weighted by Crippen LogP contribution is 2.36. The van der Waals surface area contributed by atoms with Crippen molar-refractivity contribution in [2.24, 2.45) is 23.5 Å². The normalized spacial score (nSPS) is 19.4. The van der Waals surface area contributed by atoms with Crippen LogP contribution in [0.4, 0.5) is 4.79 Å². The van der Waals surface area contributed by atoms with Crippen molar-refractivity contribution in [3.63, 3.8) is 0 Å². The zero-order valence-electron chi connectivity index (χ0n) is 67.4. The highest BCUT2D eigenvalue weighted by molar-refractivity contribution is 8.00. The van der Waals surface area contributed by atoms with Gasteiger partial charge >= 0.3 is 25.8 Å². The minimum atomic E-state index is -5.50. The summed E-state index contributed by atoms with van der Waals surface area (Å²) in [5, 5.41) is 73.5. The van der Waals surface area contributed by atoms with Crippen LogP contribution in [-0.2, 0) is 98.6 Å². The van der Waals surface area contributed by atoms with E-state index in [1.165, 1.54) is 43.0 Å². The zero-order valence-corrected chi connectivity index (χ0v) is 69.1. The highest BCUT2D eigenvalue weighted by atomic mass is 32.2. The molecule has 16 amide bonds. The molecule has 0 aliphatic carbocycles. The lowest BCUT2D eigenvalue weighted by Gasteiger charge is -2.32. The predicted molar refractivity (Wildman–Crippen MR) is 425 cm³/mol. The Morgan fingerprint density at radius 2 is 1.04 bits per heavy atom. The lowest BCUT2D eigenvalue weighted by Crippen LogP contribution is -2.62. The Bertz CT molecular complexity index is 3990. The van der Waals surface area contributed by atoms with Gasteiger partial charge in [0.05, 0.1) is 37.9 Å². The summed E-state index contributed by atoms with van der Waals surface area (Å²) in [6.07, 6.45) is -2.54. The van der Waals surface area contributed by atoms with Crippen LogP contribution in [0.15, 0.2) is 54.6 Å². The van der Waals surface area contributed by atoms with Crippen LogP contribution >= 0.6 is 19.6 Å². The van der Waals surface area contributed by atoms with Crippen molar-refractivity contribution in [1.29, 1.82) is 0 Å². The summed E-state index contributed by atoms with van der Waals surface area (Å²) in [4.78, 5) is 253. The molecule has 2 aromatic rings. The zero-order chi connectivity index (χ0) is 88.1. The molecule has 0 radical (unpaired) electrons. The van der Waals surface area contributed by atoms with Gasteiger partial charge in [-0.25, -0.2) is 9.36 Å². The van der Waals surface area contributed by atoms with Crippen molar-refractivity contribution >= 4 is 120 Å². The number of aromatic hydroxyl groups is 1. The van der Waals surface area contributed by atoms with Crippen LogP contribution in [0.3, 0.4) is 0 Å². The van der Waals surface area contributed by atoms with E-state index in [0.717, 1.165) is 30.4 Å². The maximum atomic E-state index is 14.9. The topological polar surface area (TPSA) is 627 Å². The highest BCUT2D eigenvalue weighted by Gasteiger charge is 2.45. The van der Waals surface area contributed by atoms with E-state index in [9.17, 15) is 116 Å². The van der Waals surface area contributed by atoms with E-state index in [1.807, 2.05) is 0 Å². The SMILES string of the molecule is CC(C)C[C@H](NC(=O)[C@H](CCC(=O)O)NC(=O)[C@H](CCC(=O)O)NC(=O)[C@@H](NC(=O)[C@@H]1CCCN1C(=O)[C@H](COP(=O)(O)O)NC(=O)[C@H](Cc1ccccc1)NC(=O)[C@@H](NC(=O)[C@H](Cc1ccc(O)cc1)NC(=O)[C@H](CC(C)C)NC(=O)[C@@H]1CCCN1C(=O)CNC(=O)CNC(=O)CCCC[C@@H]1SC[C@@H]2NC(=O)N[C@@H]21)C(C)C)[C@@H](C)O)C(N)=O. The van der Waals surface area contributed by atoms with E-state index < -0.39 is 220 Å². The molecular weight excluding hydrogens is 1600 g/mol. The number of carboxylic acids is 2. The number of phosphoric acid groups is 1. The number of hydrogen-bond acceptors (Lipinski definition) is 22. The quantitative estimate of drug-likeness (QED) is 0.0178. The lowest BCUT2D eigenvalue weighted by atomic mass is 9.98. The minimum absolute atomic E-state index is 0.00609. The monoisotopic (exact) mass is 1710 g/mol. The van der Waals surface area contributed by atoms with Crippen molar-refractivity contribution in [1.82, 2.24) is 78.9 Å². The number of amides is 16. The smallest absolute Gasteiger partial charge is 0.469 e. The van der Waals surface area contributed by atoms with Gasteiger partial charge in [0.15, 0.2) is 0 Å². The second-order valence-electron chi connectivity index (χ2n) is 31.1. The Labute approximate surface area is 691 Å². The van der Waals surface area contributed by atoms with Crippen LogP contribution in [0.1, 0.15) is 149 Å². The van der Waals surface area contributed by atoms with Gasteiger partial charge in [0, 0.05) is 56.2 Å². The Balaban J connectivity index is 1.14. The fraction of sp³-hybridized carbons (Fsp3) is 0.618. The van der Waals surface area contributed by atoms with Gasteiger partial charge in [-0.2, -0.15) is 11.8 Å². The molecule has 0 aromatic heterocycles. The van der Waals surface area contributed by atoms with Gasteiger partial charge in [0.25, 0.3) is 0 Å². The second kappa shape index (κ2) is 46.7. The lowest BCUT2D eigenvalue weighted by molar-refractivity contribution is -0.144. The summed E-state index contributed by atoms with van der Waals surface area (Å²) in [7, 11) is -5.50. The number of fused-ring (bicyclic) bond motifs is 1. The molecule has 4 fully saturated rings. The molecule has 4 heterocycles. The minimum Gasteiger partial charge on any atom is -0.508 e. The number of benzene rings is 2. The van der Waals surface area contributed by atoms with Gasteiger partial charge in [-0.05, 0) is 112 Å². The van der Waals surface area contributed by atoms with Crippen molar-refractivity contribution in [2.75, 3.05) is 38.5 Å². The molecule has 43 heteroatoms. The van der Waals surface area contributed by atoms with Crippen LogP contribution in [0.2, 0.25) is 0 Å². The molecule has 6 rings (SSSR count). The molecule has 2 aromatic carbocycles. The summed E-state index contributed by atoms with van der Waals surface area (Å²) >= 11 is 1.76. The number of carbonyl (C=O) groups excluding carboxylic acids is 15. The number of rotatable bonds is 48. The summed E-state index contributed by atoms with van der Waals surface area (Å²) in [5.74, 6) is -16.8. The molecule has 4 saturated heterocycles. The number of carbonyl (C=O) groups is 17. The number of urea groups is 1. The van der Waals surface area contributed by atoms with Gasteiger partial charge in [-0.3, -0.25) is 81.2 Å². The van der Waals surface area contributed by atoms with Crippen LogP contribution in [0, 0.1) is 17.8 Å². The molecule has 15 atom stereocenters. The number of phenolic OH excluding ortho intramolecular Hbond substituents is 1. The summed E-state index contributed by atoms with van der Waals surface area (Å²) in [6, 6.07) is -4.30. The van der Waals surface area contributed by atoms with E-state index in [-0.39, 0.29) is 111 Å². The van der Waals surface area contributed by atoms with Gasteiger partial charge in [0.2, 0.25) is 82.7 Å². The standard InChI is InChI=1S/C76H113N16O25PS/c1-39(2)31-48(65(77)102)82-67(104)46(25-27-60(98)99)80-66(103)47(26-28-61(100)101)81-74(111)63(42(7)93)89-72(109)55-18-14-30-92(55)75(112)52(37-117-118(114,115)116)86-69(106)50(33-43-15-9-8-10-16-43)85-73(110)62(41(5)6)88-70(107)51(34-44-21-23-45(94)24-22-44)83-68(105)49(32-40(3)4)84-71(108)54-17-13-29-91(54)59(97)36-79-58(96)35-78-57(95)20-12-11-19-56-64-53(38-119-56)87-76(113)90-64/h8-10,15-16,21-24,39-42,46-56,62-64,93-94H,11-14,17-20,25-38H2,1-7H3,(H2,77,102)(H,78,95)(H,79,96)(H,80,103)(H,81,111)(H,82,104)(H,83,105)(H,84,108)(H,85,110)(H,86,106)(H,88,107)(H,89,109)(H,98,99)(H,100,101)(H2,87,90,113)(H2,114,115,116)/t42-,46+,47+,48+,49+,50+,51+,52+,53+,54+,55+,56+,62+,63+,64+/m1/s1. The third-order valence-electron chi connectivity index (χ3n) is 20.2. The number of aliphatic hydroxyl groups excluding tert-OH is 1. The molecule has 41 nitrogen and oxygen atoms in total. The Morgan fingerprint density at radius 1 is 0.555 bits per heavy atom. The first-order chi connectivity index (χ1) is 56.1. The number of carboxylic acid groups (broad SMARTS) is 2. The van der Waals surface area contributed by atoms with Crippen LogP contribution in [0.5, 0.6) is 5.75 Å². The Morgan fingerprint density at radius 3 is 1.61 bits per heavy atom. The third kappa shape index (κ3) is 31.9. The molecule has 4 aliphatic rings. The number of phenols is 1. The second-order valence-corrected chi connectivity index (χ2v) is 33.6. The number of unbranched alkanes of at least 4 members (excludes halogenated alkanes) is 1. The van der Waals surface area contributed by atoms with Gasteiger partial charge in [-0.15, -0.1) is 0 Å². The van der Waals surface area contributed by atoms with Crippen molar-refractivity contribution in [3.05, 3.63) is 65.7 Å². The number of nitrogens with one attached hydrogen (secondary N) is 13. The number of aliphatic hydroxyl groups is 1. The fourth-order valence-corrected chi connectivity index (χ4v) is 15.9. The van der Waals surface area contributed by atoms with E-state index in [1.54, 1.807) is 69.8 Å². The number of likely N-dealkylation sites (tertiary alicyclic amines) is 2. The summed E-state index contributed by atoms with van der Waals surface area (Å²) in [6.45, 7) is 8.70. The number of aliphatic carboxylic acids is 2. The van der Waals surface area contributed by atoms with Gasteiger partial charge in [-0.1, -0.05) is 90.4 Å². The van der Waals surface area contributed by atoms with Crippen molar-refractivity contribution < 1.29 is 121 Å². The number of primary amides is 1. The molecule has 4 aliphatic heterocycles.